The fourth-order valence-electron chi connectivity index (χ4n) is 2.18. The van der Waals surface area contributed by atoms with Crippen molar-refractivity contribution in [3.8, 4) is 0 Å². The average Bonchev–Trinajstić information content (AvgIpc) is 2.64. The summed E-state index contributed by atoms with van der Waals surface area (Å²) in [5.74, 6) is 0. The third-order valence-electron chi connectivity index (χ3n) is 3.56. The highest BCUT2D eigenvalue weighted by atomic mass is 14.6. The third kappa shape index (κ3) is 7.66. The van der Waals surface area contributed by atoms with Crippen LogP contribution in [0, 0.1) is 10.8 Å². The van der Waals surface area contributed by atoms with Crippen LogP contribution in [0.2, 0.25) is 0 Å². The molecule has 4 heteroatoms. The fraction of sp³-hybridized carbons (Fsp3) is 0.333. The Morgan fingerprint density at radius 1 is 0.800 bits per heavy atom. The Balaban J connectivity index is 0.000000421. The lowest BCUT2D eigenvalue weighted by molar-refractivity contribution is 0.922. The smallest absolute Gasteiger partial charge is 0.0405 e. The van der Waals surface area contributed by atoms with Crippen molar-refractivity contribution < 1.29 is 0 Å². The van der Waals surface area contributed by atoms with Gasteiger partial charge in [-0.2, -0.15) is 0 Å². The number of hydrogen-bond acceptors (Lipinski definition) is 4. The van der Waals surface area contributed by atoms with E-state index in [9.17, 15) is 0 Å². The van der Waals surface area contributed by atoms with E-state index in [2.05, 4.69) is 13.8 Å². The van der Waals surface area contributed by atoms with Crippen LogP contribution in [0.4, 0.5) is 11.4 Å². The Morgan fingerprint density at radius 2 is 1.24 bits per heavy atom. The van der Waals surface area contributed by atoms with Gasteiger partial charge in [-0.15, -0.1) is 0 Å². The van der Waals surface area contributed by atoms with Crippen molar-refractivity contribution in [3.63, 3.8) is 0 Å². The summed E-state index contributed by atoms with van der Waals surface area (Å²) in [5.41, 5.74) is 16.8. The van der Waals surface area contributed by atoms with E-state index in [0.717, 1.165) is 30.4 Å². The molecule has 0 heterocycles. The van der Waals surface area contributed by atoms with Gasteiger partial charge in [-0.05, 0) is 36.1 Å². The van der Waals surface area contributed by atoms with Crippen LogP contribution in [0.25, 0.3) is 0 Å². The lowest BCUT2D eigenvalue weighted by Gasteiger charge is -2.02. The van der Waals surface area contributed by atoms with Crippen molar-refractivity contribution in [3.05, 3.63) is 58.7 Å². The second-order valence-corrected chi connectivity index (χ2v) is 5.32. The number of benzene rings is 2. The molecule has 0 aliphatic carbocycles. The molecule has 0 atom stereocenters. The third-order valence-corrected chi connectivity index (χ3v) is 3.56. The first-order chi connectivity index (χ1) is 12.0. The Hall–Kier alpha value is -2.62. The van der Waals surface area contributed by atoms with Crippen molar-refractivity contribution in [2.45, 2.75) is 47.0 Å². The maximum absolute atomic E-state index is 7.05. The molecule has 6 N–H and O–H groups in total. The largest absolute Gasteiger partial charge is 0.398 e. The van der Waals surface area contributed by atoms with Crippen LogP contribution in [0.1, 0.15) is 56.4 Å². The zero-order valence-electron chi connectivity index (χ0n) is 15.9. The molecule has 136 valence electrons. The molecular formula is C21H32N4. The Labute approximate surface area is 152 Å². The Bertz CT molecular complexity index is 663. The van der Waals surface area contributed by atoms with Crippen molar-refractivity contribution in [1.82, 2.24) is 0 Å². The number of hydrogen-bond donors (Lipinski definition) is 4. The predicted octanol–water partition coefficient (Wildman–Crippen LogP) is 5.07. The fourth-order valence-corrected chi connectivity index (χ4v) is 2.18. The second kappa shape index (κ2) is 12.8. The summed E-state index contributed by atoms with van der Waals surface area (Å²) in [6.07, 6.45) is 5.73. The van der Waals surface area contributed by atoms with Gasteiger partial charge < -0.3 is 22.3 Å². The normalized spacial score (nSPS) is 9.12. The van der Waals surface area contributed by atoms with Crippen LogP contribution in [0.15, 0.2) is 36.4 Å². The molecule has 4 nitrogen and oxygen atoms in total. The molecule has 0 saturated heterocycles. The summed E-state index contributed by atoms with van der Waals surface area (Å²) in [7, 11) is 0. The zero-order valence-corrected chi connectivity index (χ0v) is 15.9. The molecule has 0 fully saturated rings. The first-order valence-electron chi connectivity index (χ1n) is 8.83. The summed E-state index contributed by atoms with van der Waals surface area (Å²) >= 11 is 0. The van der Waals surface area contributed by atoms with Crippen LogP contribution in [0.3, 0.4) is 0 Å². The highest BCUT2D eigenvalue weighted by molar-refractivity contribution is 5.85. The summed E-state index contributed by atoms with van der Waals surface area (Å²) in [4.78, 5) is 0. The molecule has 2 aromatic carbocycles. The van der Waals surface area contributed by atoms with E-state index in [-0.39, 0.29) is 0 Å². The molecule has 0 spiro atoms. The van der Waals surface area contributed by atoms with E-state index in [4.69, 9.17) is 22.3 Å². The number of anilines is 2. The van der Waals surface area contributed by atoms with E-state index >= 15 is 0 Å². The van der Waals surface area contributed by atoms with Gasteiger partial charge in [0.1, 0.15) is 0 Å². The molecule has 2 aromatic rings. The van der Waals surface area contributed by atoms with Crippen LogP contribution in [-0.4, -0.2) is 12.4 Å². The first-order valence-corrected chi connectivity index (χ1v) is 8.83. The molecule has 0 aromatic heterocycles. The van der Waals surface area contributed by atoms with E-state index in [1.54, 1.807) is 0 Å². The van der Waals surface area contributed by atoms with E-state index in [1.165, 1.54) is 23.6 Å². The number of nitrogens with one attached hydrogen (secondary N) is 2. The highest BCUT2D eigenvalue weighted by Gasteiger charge is 1.97. The molecule has 0 aliphatic heterocycles. The van der Waals surface area contributed by atoms with Gasteiger partial charge >= 0.3 is 0 Å². The minimum atomic E-state index is 0.694. The van der Waals surface area contributed by atoms with Gasteiger partial charge in [0.25, 0.3) is 0 Å². The Kier molecular flexibility index (Phi) is 11.4. The highest BCUT2D eigenvalue weighted by Crippen LogP contribution is 2.13. The van der Waals surface area contributed by atoms with Crippen molar-refractivity contribution in [2.24, 2.45) is 0 Å². The van der Waals surface area contributed by atoms with Gasteiger partial charge in [-0.1, -0.05) is 58.4 Å². The number of rotatable bonds is 5. The standard InChI is InChI=1S/C10H14N2.C9H12N2.C2H6/c1-2-3-8-4-5-9(7-11)10(12)6-8;1-2-7-3-4-8(6-10)9(11)5-7;1-2/h4-7,11H,2-3,12H2,1H3;3-6,10H,2,11H2,1H3;1-2H3. The summed E-state index contributed by atoms with van der Waals surface area (Å²) in [6, 6.07) is 11.7. The van der Waals surface area contributed by atoms with Gasteiger partial charge in [-0.25, -0.2) is 0 Å². The van der Waals surface area contributed by atoms with E-state index in [0.29, 0.717) is 11.4 Å². The number of nitrogen functional groups attached to an aromatic ring is 2. The summed E-state index contributed by atoms with van der Waals surface area (Å²) in [5, 5.41) is 14.1. The van der Waals surface area contributed by atoms with Gasteiger partial charge in [0.15, 0.2) is 0 Å². The maximum atomic E-state index is 7.05. The predicted molar refractivity (Wildman–Crippen MR) is 112 cm³/mol. The quantitative estimate of drug-likeness (QED) is 0.451. The van der Waals surface area contributed by atoms with Gasteiger partial charge in [0.2, 0.25) is 0 Å². The first kappa shape index (κ1) is 22.4. The SMILES string of the molecule is CC.CCCc1ccc(C=N)c(N)c1.CCc1ccc(C=N)c(N)c1. The van der Waals surface area contributed by atoms with Crippen LogP contribution in [0.5, 0.6) is 0 Å². The molecule has 25 heavy (non-hydrogen) atoms. The lowest BCUT2D eigenvalue weighted by Crippen LogP contribution is -1.94. The molecule has 0 radical (unpaired) electrons. The summed E-state index contributed by atoms with van der Waals surface area (Å²) < 4.78 is 0. The van der Waals surface area contributed by atoms with E-state index in [1.807, 2.05) is 50.2 Å². The van der Waals surface area contributed by atoms with Crippen LogP contribution >= 0.6 is 0 Å². The lowest BCUT2D eigenvalue weighted by atomic mass is 10.1. The number of nitrogens with two attached hydrogens (primary N) is 2. The van der Waals surface area contributed by atoms with E-state index < -0.39 is 0 Å². The minimum Gasteiger partial charge on any atom is -0.398 e. The van der Waals surface area contributed by atoms with Crippen LogP contribution in [-0.2, 0) is 12.8 Å². The molecule has 0 bridgehead atoms. The van der Waals surface area contributed by atoms with Gasteiger partial charge in [0, 0.05) is 34.9 Å². The Morgan fingerprint density at radius 3 is 1.60 bits per heavy atom. The maximum Gasteiger partial charge on any atom is 0.0405 e. The average molecular weight is 341 g/mol. The van der Waals surface area contributed by atoms with Crippen molar-refractivity contribution in [2.75, 3.05) is 11.5 Å². The topological polar surface area (TPSA) is 99.7 Å². The molecule has 0 amide bonds. The number of aryl methyl sites for hydroxylation is 2. The minimum absolute atomic E-state index is 0.694. The molecular weight excluding hydrogens is 308 g/mol. The molecule has 0 saturated carbocycles. The molecule has 2 rings (SSSR count). The van der Waals surface area contributed by atoms with Crippen molar-refractivity contribution in [1.29, 1.82) is 10.8 Å². The van der Waals surface area contributed by atoms with Gasteiger partial charge in [0.05, 0.1) is 0 Å². The van der Waals surface area contributed by atoms with Crippen LogP contribution < -0.4 is 11.5 Å². The second-order valence-electron chi connectivity index (χ2n) is 5.32. The zero-order chi connectivity index (χ0) is 19.2. The monoisotopic (exact) mass is 340 g/mol. The van der Waals surface area contributed by atoms with Crippen molar-refractivity contribution >= 4 is 23.8 Å². The summed E-state index contributed by atoms with van der Waals surface area (Å²) in [6.45, 7) is 8.22. The van der Waals surface area contributed by atoms with Gasteiger partial charge in [-0.3, -0.25) is 0 Å². The molecule has 0 unspecified atom stereocenters. The molecule has 0 aliphatic rings.